The molecule has 1 fully saturated rings. The van der Waals surface area contributed by atoms with Gasteiger partial charge in [0.1, 0.15) is 5.75 Å². The van der Waals surface area contributed by atoms with Crippen molar-refractivity contribution >= 4 is 11.7 Å². The van der Waals surface area contributed by atoms with Gasteiger partial charge in [0.15, 0.2) is 5.78 Å². The minimum atomic E-state index is -0.493. The second-order valence-electron chi connectivity index (χ2n) is 6.33. The lowest BCUT2D eigenvalue weighted by Gasteiger charge is -2.25. The van der Waals surface area contributed by atoms with Crippen LogP contribution in [0.25, 0.3) is 0 Å². The summed E-state index contributed by atoms with van der Waals surface area (Å²) in [6.07, 6.45) is 4.03. The molecule has 0 unspecified atom stereocenters. The Morgan fingerprint density at radius 3 is 2.71 bits per heavy atom. The molecule has 0 spiro atoms. The molecular formula is C18H27N3O3. The van der Waals surface area contributed by atoms with Gasteiger partial charge in [-0.25, -0.2) is 5.01 Å². The van der Waals surface area contributed by atoms with Crippen LogP contribution in [-0.4, -0.2) is 41.9 Å². The van der Waals surface area contributed by atoms with E-state index in [0.29, 0.717) is 18.2 Å². The largest absolute Gasteiger partial charge is 0.494 e. The average Bonchev–Trinajstić information content (AvgIpc) is 2.99. The van der Waals surface area contributed by atoms with E-state index in [4.69, 9.17) is 10.5 Å². The molecule has 1 heterocycles. The average molecular weight is 333 g/mol. The number of amides is 1. The lowest BCUT2D eigenvalue weighted by atomic mass is 10.1. The molecular weight excluding hydrogens is 306 g/mol. The number of nitrogens with zero attached hydrogens (tertiary/aromatic N) is 1. The molecule has 0 bridgehead atoms. The van der Waals surface area contributed by atoms with E-state index in [-0.39, 0.29) is 11.7 Å². The molecule has 6 heteroatoms. The Morgan fingerprint density at radius 2 is 2.08 bits per heavy atom. The molecule has 0 aliphatic carbocycles. The summed E-state index contributed by atoms with van der Waals surface area (Å²) in [6, 6.07) is 7.05. The fourth-order valence-electron chi connectivity index (χ4n) is 2.82. The number of nitrogens with two attached hydrogens (primary N) is 1. The number of benzene rings is 1. The van der Waals surface area contributed by atoms with Gasteiger partial charge in [-0.1, -0.05) is 0 Å². The van der Waals surface area contributed by atoms with Gasteiger partial charge in [0.05, 0.1) is 12.6 Å². The molecule has 0 saturated carbocycles. The van der Waals surface area contributed by atoms with Crippen LogP contribution in [0.15, 0.2) is 24.3 Å². The van der Waals surface area contributed by atoms with Crippen LogP contribution < -0.4 is 15.9 Å². The number of nitrogens with one attached hydrogen (secondary N) is 1. The SMILES string of the molecule is CC(=O)c1ccc(OCCC[C@H]2CCCN2NC(=O)[C@H](C)N)cc1. The van der Waals surface area contributed by atoms with Crippen LogP contribution in [0.2, 0.25) is 0 Å². The maximum Gasteiger partial charge on any atom is 0.250 e. The number of ketones is 1. The quantitative estimate of drug-likeness (QED) is 0.560. The highest BCUT2D eigenvalue weighted by molar-refractivity contribution is 5.94. The fourth-order valence-corrected chi connectivity index (χ4v) is 2.82. The van der Waals surface area contributed by atoms with Crippen LogP contribution in [0.4, 0.5) is 0 Å². The molecule has 1 aromatic rings. The molecule has 24 heavy (non-hydrogen) atoms. The van der Waals surface area contributed by atoms with E-state index in [1.807, 2.05) is 17.1 Å². The third kappa shape index (κ3) is 5.32. The maximum atomic E-state index is 11.7. The summed E-state index contributed by atoms with van der Waals surface area (Å²) in [5.41, 5.74) is 9.18. The third-order valence-electron chi connectivity index (χ3n) is 4.26. The Kier molecular flexibility index (Phi) is 6.75. The summed E-state index contributed by atoms with van der Waals surface area (Å²) in [4.78, 5) is 22.9. The van der Waals surface area contributed by atoms with Crippen molar-refractivity contribution in [2.45, 2.75) is 51.6 Å². The van der Waals surface area contributed by atoms with E-state index in [9.17, 15) is 9.59 Å². The Bertz CT molecular complexity index is 557. The first-order chi connectivity index (χ1) is 11.5. The summed E-state index contributed by atoms with van der Waals surface area (Å²) in [7, 11) is 0. The van der Waals surface area contributed by atoms with Crippen LogP contribution in [0.3, 0.4) is 0 Å². The van der Waals surface area contributed by atoms with E-state index in [1.54, 1.807) is 26.0 Å². The zero-order valence-electron chi connectivity index (χ0n) is 14.5. The molecule has 1 aliphatic heterocycles. The van der Waals surface area contributed by atoms with Gasteiger partial charge in [-0.15, -0.1) is 0 Å². The molecule has 2 atom stereocenters. The zero-order valence-corrected chi connectivity index (χ0v) is 14.5. The number of hydrogen-bond acceptors (Lipinski definition) is 5. The maximum absolute atomic E-state index is 11.7. The van der Waals surface area contributed by atoms with Gasteiger partial charge in [0.2, 0.25) is 0 Å². The van der Waals surface area contributed by atoms with Crippen molar-refractivity contribution in [3.63, 3.8) is 0 Å². The lowest BCUT2D eigenvalue weighted by Crippen LogP contribution is -2.50. The summed E-state index contributed by atoms with van der Waals surface area (Å²) in [6.45, 7) is 4.72. The van der Waals surface area contributed by atoms with Gasteiger partial charge >= 0.3 is 0 Å². The second kappa shape index (κ2) is 8.80. The normalized spacial score (nSPS) is 19.0. The molecule has 0 aromatic heterocycles. The molecule has 6 nitrogen and oxygen atoms in total. The van der Waals surface area contributed by atoms with E-state index in [0.717, 1.165) is 38.0 Å². The van der Waals surface area contributed by atoms with Gasteiger partial charge < -0.3 is 10.5 Å². The molecule has 2 rings (SSSR count). The van der Waals surface area contributed by atoms with Gasteiger partial charge in [0.25, 0.3) is 5.91 Å². The molecule has 1 aliphatic rings. The number of Topliss-reactive ketones (excluding diaryl/α,β-unsaturated/α-hetero) is 1. The number of hydrazine groups is 1. The minimum Gasteiger partial charge on any atom is -0.494 e. The van der Waals surface area contributed by atoms with E-state index < -0.39 is 6.04 Å². The van der Waals surface area contributed by atoms with Crippen molar-refractivity contribution < 1.29 is 14.3 Å². The first-order valence-corrected chi connectivity index (χ1v) is 8.54. The van der Waals surface area contributed by atoms with Crippen LogP contribution in [0.1, 0.15) is 49.9 Å². The third-order valence-corrected chi connectivity index (χ3v) is 4.26. The van der Waals surface area contributed by atoms with Crippen molar-refractivity contribution in [1.29, 1.82) is 0 Å². The fraction of sp³-hybridized carbons (Fsp3) is 0.556. The predicted octanol–water partition coefficient (Wildman–Crippen LogP) is 1.89. The van der Waals surface area contributed by atoms with Crippen LogP contribution >= 0.6 is 0 Å². The van der Waals surface area contributed by atoms with Crippen molar-refractivity contribution in [1.82, 2.24) is 10.4 Å². The van der Waals surface area contributed by atoms with Crippen molar-refractivity contribution in [3.8, 4) is 5.75 Å². The zero-order chi connectivity index (χ0) is 17.5. The summed E-state index contributed by atoms with van der Waals surface area (Å²) in [5, 5.41) is 2.01. The molecule has 0 radical (unpaired) electrons. The molecule has 1 aromatic carbocycles. The summed E-state index contributed by atoms with van der Waals surface area (Å²) in [5.74, 6) is 0.689. The monoisotopic (exact) mass is 333 g/mol. The first kappa shape index (κ1) is 18.4. The lowest BCUT2D eigenvalue weighted by molar-refractivity contribution is -0.127. The topological polar surface area (TPSA) is 84.7 Å². The van der Waals surface area contributed by atoms with Crippen LogP contribution in [0, 0.1) is 0 Å². The Morgan fingerprint density at radius 1 is 1.38 bits per heavy atom. The highest BCUT2D eigenvalue weighted by atomic mass is 16.5. The number of carbonyl (C=O) groups is 2. The highest BCUT2D eigenvalue weighted by Crippen LogP contribution is 2.20. The Labute approximate surface area is 143 Å². The molecule has 1 amide bonds. The van der Waals surface area contributed by atoms with Gasteiger partial charge in [0, 0.05) is 18.2 Å². The second-order valence-corrected chi connectivity index (χ2v) is 6.33. The number of ether oxygens (including phenoxy) is 1. The standard InChI is InChI=1S/C18H27N3O3/c1-13(19)18(23)20-21-11-3-5-16(21)6-4-12-24-17-9-7-15(8-10-17)14(2)22/h7-10,13,16H,3-6,11-12,19H2,1-2H3,(H,20,23)/t13-,16+/m0/s1. The van der Waals surface area contributed by atoms with Gasteiger partial charge in [-0.3, -0.25) is 15.0 Å². The van der Waals surface area contributed by atoms with E-state index in [2.05, 4.69) is 5.43 Å². The molecule has 3 N–H and O–H groups in total. The van der Waals surface area contributed by atoms with Crippen molar-refractivity contribution in [2.24, 2.45) is 5.73 Å². The van der Waals surface area contributed by atoms with E-state index in [1.165, 1.54) is 0 Å². The number of carbonyl (C=O) groups excluding carboxylic acids is 2. The highest BCUT2D eigenvalue weighted by Gasteiger charge is 2.26. The van der Waals surface area contributed by atoms with Gasteiger partial charge in [-0.2, -0.15) is 0 Å². The molecule has 132 valence electrons. The van der Waals surface area contributed by atoms with Crippen molar-refractivity contribution in [2.75, 3.05) is 13.2 Å². The van der Waals surface area contributed by atoms with Gasteiger partial charge in [-0.05, 0) is 63.8 Å². The molecule has 1 saturated heterocycles. The Hall–Kier alpha value is -1.92. The number of rotatable bonds is 8. The summed E-state index contributed by atoms with van der Waals surface area (Å²) < 4.78 is 5.72. The number of hydrogen-bond donors (Lipinski definition) is 2. The van der Waals surface area contributed by atoms with Crippen LogP contribution in [-0.2, 0) is 4.79 Å². The van der Waals surface area contributed by atoms with Crippen molar-refractivity contribution in [3.05, 3.63) is 29.8 Å². The predicted molar refractivity (Wildman–Crippen MR) is 92.7 cm³/mol. The minimum absolute atomic E-state index is 0.0525. The van der Waals surface area contributed by atoms with E-state index >= 15 is 0 Å². The van der Waals surface area contributed by atoms with Crippen LogP contribution in [0.5, 0.6) is 5.75 Å². The first-order valence-electron chi connectivity index (χ1n) is 8.54. The smallest absolute Gasteiger partial charge is 0.250 e. The Balaban J connectivity index is 1.71. The summed E-state index contributed by atoms with van der Waals surface area (Å²) >= 11 is 0.